The maximum atomic E-state index is 12.6. The Hall–Kier alpha value is -1.86. The first-order chi connectivity index (χ1) is 10.5. The van der Waals surface area contributed by atoms with Gasteiger partial charge < -0.3 is 20.1 Å². The Bertz CT molecular complexity index is 734. The maximum Gasteiger partial charge on any atom is 0.305 e. The molecule has 1 aliphatic heterocycles. The average molecular weight is 367 g/mol. The summed E-state index contributed by atoms with van der Waals surface area (Å²) in [4.78, 5) is 26.7. The van der Waals surface area contributed by atoms with Crippen molar-refractivity contribution in [2.45, 2.75) is 18.4 Å². The lowest BCUT2D eigenvalue weighted by atomic mass is 9.93. The predicted octanol–water partition coefficient (Wildman–Crippen LogP) is 2.29. The molecular weight excluding hydrogens is 352 g/mol. The Kier molecular flexibility index (Phi) is 3.92. The van der Waals surface area contributed by atoms with E-state index in [4.69, 9.17) is 9.84 Å². The van der Waals surface area contributed by atoms with Gasteiger partial charge >= 0.3 is 5.97 Å². The molecule has 0 saturated carbocycles. The number of carboxylic acids is 1. The molecule has 0 radical (unpaired) electrons. The van der Waals surface area contributed by atoms with Crippen molar-refractivity contribution < 1.29 is 19.4 Å². The standard InChI is InChI=1S/C15H15BrN2O4/c16-10-2-1-3-11-13(10)9(7-17-11)14(21)18-15(6-12(19)20)4-5-22-8-15/h1-3,7,17H,4-6,8H2,(H,18,21)(H,19,20). The SMILES string of the molecule is O=C(O)CC1(NC(=O)c2c[nH]c3cccc(Br)c23)CCOC1. The van der Waals surface area contributed by atoms with Gasteiger partial charge in [-0.05, 0) is 18.6 Å². The summed E-state index contributed by atoms with van der Waals surface area (Å²) in [5.74, 6) is -1.25. The summed E-state index contributed by atoms with van der Waals surface area (Å²) >= 11 is 3.44. The second-order valence-corrected chi connectivity index (χ2v) is 6.33. The Labute approximate surface area is 135 Å². The zero-order valence-electron chi connectivity index (χ0n) is 11.7. The number of aromatic amines is 1. The van der Waals surface area contributed by atoms with Gasteiger partial charge in [-0.1, -0.05) is 22.0 Å². The van der Waals surface area contributed by atoms with E-state index in [9.17, 15) is 9.59 Å². The van der Waals surface area contributed by atoms with E-state index in [1.807, 2.05) is 18.2 Å². The molecule has 1 aromatic heterocycles. The van der Waals surface area contributed by atoms with Crippen LogP contribution in [0.5, 0.6) is 0 Å². The van der Waals surface area contributed by atoms with E-state index in [0.717, 1.165) is 15.4 Å². The third-order valence-electron chi connectivity index (χ3n) is 3.87. The Morgan fingerprint density at radius 1 is 1.45 bits per heavy atom. The number of carbonyl (C=O) groups is 2. The van der Waals surface area contributed by atoms with Crippen LogP contribution in [0, 0.1) is 0 Å². The van der Waals surface area contributed by atoms with E-state index in [1.165, 1.54) is 0 Å². The van der Waals surface area contributed by atoms with Crippen molar-refractivity contribution in [3.63, 3.8) is 0 Å². The lowest BCUT2D eigenvalue weighted by molar-refractivity contribution is -0.138. The first-order valence-electron chi connectivity index (χ1n) is 6.88. The minimum Gasteiger partial charge on any atom is -0.481 e. The third-order valence-corrected chi connectivity index (χ3v) is 4.53. The van der Waals surface area contributed by atoms with Gasteiger partial charge in [-0.3, -0.25) is 9.59 Å². The van der Waals surface area contributed by atoms with Crippen LogP contribution in [0.3, 0.4) is 0 Å². The van der Waals surface area contributed by atoms with E-state index in [0.29, 0.717) is 18.6 Å². The molecule has 7 heteroatoms. The molecule has 3 N–H and O–H groups in total. The molecule has 1 fully saturated rings. The van der Waals surface area contributed by atoms with Crippen molar-refractivity contribution >= 4 is 38.7 Å². The van der Waals surface area contributed by atoms with Crippen LogP contribution in [0.1, 0.15) is 23.2 Å². The van der Waals surface area contributed by atoms with E-state index in [1.54, 1.807) is 6.20 Å². The van der Waals surface area contributed by atoms with Crippen LogP contribution in [-0.4, -0.2) is 40.7 Å². The number of rotatable bonds is 4. The molecule has 1 aliphatic rings. The highest BCUT2D eigenvalue weighted by atomic mass is 79.9. The van der Waals surface area contributed by atoms with Gasteiger partial charge in [0.1, 0.15) is 0 Å². The molecule has 1 aromatic carbocycles. The summed E-state index contributed by atoms with van der Waals surface area (Å²) in [6.45, 7) is 0.666. The fourth-order valence-electron chi connectivity index (χ4n) is 2.81. The Morgan fingerprint density at radius 3 is 2.95 bits per heavy atom. The topological polar surface area (TPSA) is 91.4 Å². The molecule has 22 heavy (non-hydrogen) atoms. The van der Waals surface area contributed by atoms with Crippen molar-refractivity contribution in [2.24, 2.45) is 0 Å². The zero-order chi connectivity index (χ0) is 15.7. The first-order valence-corrected chi connectivity index (χ1v) is 7.68. The molecule has 1 unspecified atom stereocenters. The Morgan fingerprint density at radius 2 is 2.27 bits per heavy atom. The lowest BCUT2D eigenvalue weighted by Gasteiger charge is -2.26. The van der Waals surface area contributed by atoms with Gasteiger partial charge in [-0.25, -0.2) is 0 Å². The number of halogens is 1. The number of amides is 1. The monoisotopic (exact) mass is 366 g/mol. The van der Waals surface area contributed by atoms with Gasteiger partial charge in [0, 0.05) is 28.2 Å². The van der Waals surface area contributed by atoms with Crippen molar-refractivity contribution in [2.75, 3.05) is 13.2 Å². The minimum absolute atomic E-state index is 0.151. The van der Waals surface area contributed by atoms with E-state index >= 15 is 0 Å². The van der Waals surface area contributed by atoms with Gasteiger partial charge in [0.25, 0.3) is 5.91 Å². The third kappa shape index (κ3) is 2.74. The maximum absolute atomic E-state index is 12.6. The average Bonchev–Trinajstić information content (AvgIpc) is 3.05. The number of nitrogens with one attached hydrogen (secondary N) is 2. The number of ether oxygens (including phenoxy) is 1. The number of carboxylic acid groups (broad SMARTS) is 1. The molecule has 0 aliphatic carbocycles. The van der Waals surface area contributed by atoms with Crippen molar-refractivity contribution in [1.29, 1.82) is 0 Å². The number of aromatic nitrogens is 1. The summed E-state index contributed by atoms with van der Waals surface area (Å²) in [7, 11) is 0. The first kappa shape index (κ1) is 15.1. The van der Waals surface area contributed by atoms with Crippen LogP contribution < -0.4 is 5.32 Å². The molecule has 0 spiro atoms. The van der Waals surface area contributed by atoms with Gasteiger partial charge in [-0.15, -0.1) is 0 Å². The number of aliphatic carboxylic acids is 1. The van der Waals surface area contributed by atoms with Gasteiger partial charge in [0.05, 0.1) is 24.1 Å². The summed E-state index contributed by atoms with van der Waals surface area (Å²) in [5, 5.41) is 12.7. The van der Waals surface area contributed by atoms with E-state index in [2.05, 4.69) is 26.2 Å². The highest BCUT2D eigenvalue weighted by Gasteiger charge is 2.39. The largest absolute Gasteiger partial charge is 0.481 e. The molecule has 0 bridgehead atoms. The molecule has 116 valence electrons. The van der Waals surface area contributed by atoms with Gasteiger partial charge in [0.15, 0.2) is 0 Å². The summed E-state index contributed by atoms with van der Waals surface area (Å²) in [6.07, 6.45) is 1.98. The molecule has 1 saturated heterocycles. The molecule has 1 amide bonds. The second kappa shape index (κ2) is 5.73. The van der Waals surface area contributed by atoms with Gasteiger partial charge in [-0.2, -0.15) is 0 Å². The fraction of sp³-hybridized carbons (Fsp3) is 0.333. The van der Waals surface area contributed by atoms with Crippen LogP contribution in [0.25, 0.3) is 10.9 Å². The Balaban J connectivity index is 1.91. The number of hydrogen-bond acceptors (Lipinski definition) is 3. The number of benzene rings is 1. The lowest BCUT2D eigenvalue weighted by Crippen LogP contribution is -2.50. The van der Waals surface area contributed by atoms with Gasteiger partial charge in [0.2, 0.25) is 0 Å². The number of carbonyl (C=O) groups excluding carboxylic acids is 1. The highest BCUT2D eigenvalue weighted by molar-refractivity contribution is 9.10. The molecule has 2 heterocycles. The van der Waals surface area contributed by atoms with E-state index in [-0.39, 0.29) is 18.9 Å². The summed E-state index contributed by atoms with van der Waals surface area (Å²) in [5.41, 5.74) is 0.488. The van der Waals surface area contributed by atoms with E-state index < -0.39 is 11.5 Å². The van der Waals surface area contributed by atoms with Crippen LogP contribution in [-0.2, 0) is 9.53 Å². The van der Waals surface area contributed by atoms with Crippen molar-refractivity contribution in [1.82, 2.24) is 10.3 Å². The fourth-order valence-corrected chi connectivity index (χ4v) is 3.39. The minimum atomic E-state index is -0.953. The summed E-state index contributed by atoms with van der Waals surface area (Å²) in [6, 6.07) is 5.61. The molecule has 6 nitrogen and oxygen atoms in total. The smallest absolute Gasteiger partial charge is 0.305 e. The predicted molar refractivity (Wildman–Crippen MR) is 83.9 cm³/mol. The van der Waals surface area contributed by atoms with Crippen LogP contribution in [0.2, 0.25) is 0 Å². The highest BCUT2D eigenvalue weighted by Crippen LogP contribution is 2.29. The van der Waals surface area contributed by atoms with Crippen LogP contribution in [0.15, 0.2) is 28.9 Å². The molecule has 3 rings (SSSR count). The van der Waals surface area contributed by atoms with Crippen LogP contribution in [0.4, 0.5) is 0 Å². The molecule has 2 aromatic rings. The summed E-state index contributed by atoms with van der Waals surface area (Å²) < 4.78 is 6.11. The zero-order valence-corrected chi connectivity index (χ0v) is 13.3. The van der Waals surface area contributed by atoms with Crippen LogP contribution >= 0.6 is 15.9 Å². The quantitative estimate of drug-likeness (QED) is 0.773. The molecule has 1 atom stereocenters. The number of fused-ring (bicyclic) bond motifs is 1. The van der Waals surface area contributed by atoms with Crippen molar-refractivity contribution in [3.05, 3.63) is 34.4 Å². The van der Waals surface area contributed by atoms with Crippen molar-refractivity contribution in [3.8, 4) is 0 Å². The normalized spacial score (nSPS) is 21.1. The second-order valence-electron chi connectivity index (χ2n) is 5.47. The number of H-pyrrole nitrogens is 1. The number of hydrogen-bond donors (Lipinski definition) is 3. The molecular formula is C15H15BrN2O4.